The molecule has 0 radical (unpaired) electrons. The van der Waals surface area contributed by atoms with E-state index in [4.69, 9.17) is 0 Å². The smallest absolute Gasteiger partial charge is 0.344 e. The van der Waals surface area contributed by atoms with Gasteiger partial charge in [0.05, 0.1) is 41.4 Å². The van der Waals surface area contributed by atoms with E-state index in [0.717, 1.165) is 16.9 Å². The highest BCUT2D eigenvalue weighted by Crippen LogP contribution is 2.32. The van der Waals surface area contributed by atoms with E-state index in [2.05, 4.69) is 41.1 Å². The number of rotatable bonds is 6. The fourth-order valence-electron chi connectivity index (χ4n) is 4.68. The van der Waals surface area contributed by atoms with Crippen LogP contribution >= 0.6 is 0 Å². The Morgan fingerprint density at radius 3 is 2.68 bits per heavy atom. The number of carbonyl (C=O) groups excluding carboxylic acids is 1. The summed E-state index contributed by atoms with van der Waals surface area (Å²) in [7, 11) is 0. The molecule has 11 nitrogen and oxygen atoms in total. The predicted octanol–water partition coefficient (Wildman–Crippen LogP) is 4.50. The first-order valence-electron chi connectivity index (χ1n) is 13.1. The lowest BCUT2D eigenvalue weighted by atomic mass is 9.96. The Balaban J connectivity index is 1.44. The minimum atomic E-state index is -4.36. The number of carbonyl (C=O) groups is 1. The van der Waals surface area contributed by atoms with Crippen LogP contribution in [0, 0.1) is 6.92 Å². The van der Waals surface area contributed by atoms with Crippen molar-refractivity contribution in [2.45, 2.75) is 58.4 Å². The minimum Gasteiger partial charge on any atom is -0.344 e. The SMILES string of the molecule is Cc1n[nH]cc1Nc1nccc(-c2ccc3c(c2)CN(CC(F)(F)F)CCC3NC(=O)c2cn(C(C)(C)C)nn2)n1. The van der Waals surface area contributed by atoms with Crippen molar-refractivity contribution >= 4 is 17.5 Å². The third-order valence-electron chi connectivity index (χ3n) is 6.80. The van der Waals surface area contributed by atoms with Crippen LogP contribution in [0.2, 0.25) is 0 Å². The zero-order valence-corrected chi connectivity index (χ0v) is 23.1. The van der Waals surface area contributed by atoms with Crippen LogP contribution in [0.1, 0.15) is 60.5 Å². The predicted molar refractivity (Wildman–Crippen MR) is 145 cm³/mol. The minimum absolute atomic E-state index is 0.0691. The van der Waals surface area contributed by atoms with Crippen molar-refractivity contribution in [2.24, 2.45) is 0 Å². The number of nitrogens with one attached hydrogen (secondary N) is 3. The van der Waals surface area contributed by atoms with Gasteiger partial charge in [0.15, 0.2) is 5.69 Å². The average molecular weight is 569 g/mol. The van der Waals surface area contributed by atoms with Crippen LogP contribution in [-0.4, -0.2) is 65.2 Å². The fraction of sp³-hybridized carbons (Fsp3) is 0.407. The molecule has 1 aliphatic heterocycles. The van der Waals surface area contributed by atoms with Gasteiger partial charge in [0.25, 0.3) is 5.91 Å². The van der Waals surface area contributed by atoms with Gasteiger partial charge in [-0.2, -0.15) is 18.3 Å². The number of H-pyrrole nitrogens is 1. The second-order valence-corrected chi connectivity index (χ2v) is 11.0. The normalized spacial score (nSPS) is 16.2. The molecule has 14 heteroatoms. The summed E-state index contributed by atoms with van der Waals surface area (Å²) in [6.45, 7) is 6.81. The highest BCUT2D eigenvalue weighted by atomic mass is 19.4. The number of hydrogen-bond acceptors (Lipinski definition) is 8. The van der Waals surface area contributed by atoms with Gasteiger partial charge in [-0.1, -0.05) is 17.3 Å². The van der Waals surface area contributed by atoms with Crippen LogP contribution in [0.25, 0.3) is 11.3 Å². The first-order valence-corrected chi connectivity index (χ1v) is 13.1. The first-order chi connectivity index (χ1) is 19.4. The summed E-state index contributed by atoms with van der Waals surface area (Å²) < 4.78 is 41.8. The molecule has 0 aliphatic carbocycles. The Morgan fingerprint density at radius 1 is 1.20 bits per heavy atom. The maximum absolute atomic E-state index is 13.4. The summed E-state index contributed by atoms with van der Waals surface area (Å²) in [5, 5.41) is 21.0. The standard InChI is InChI=1S/C27H31F3N10O/c1-16-22(12-32-36-16)35-25-31-9-7-20(34-25)17-5-6-19-18(11-17)13-39(15-27(28,29)30)10-8-21(19)33-24(41)23-14-40(38-37-23)26(2,3)4/h5-7,9,11-12,14,21H,8,10,13,15H2,1-4H3,(H,32,36)(H,33,41)(H,31,34,35). The molecule has 3 aromatic heterocycles. The van der Waals surface area contributed by atoms with Crippen LogP contribution < -0.4 is 10.6 Å². The molecular formula is C27H31F3N10O. The van der Waals surface area contributed by atoms with E-state index >= 15 is 0 Å². The van der Waals surface area contributed by atoms with Crippen molar-refractivity contribution in [3.05, 3.63) is 65.4 Å². The Kier molecular flexibility index (Phi) is 7.51. The molecule has 0 fully saturated rings. The lowest BCUT2D eigenvalue weighted by Crippen LogP contribution is -2.35. The van der Waals surface area contributed by atoms with Crippen molar-refractivity contribution in [1.82, 2.24) is 45.4 Å². The summed E-state index contributed by atoms with van der Waals surface area (Å²) in [5.41, 5.74) is 3.99. The molecule has 4 aromatic rings. The summed E-state index contributed by atoms with van der Waals surface area (Å²) in [6.07, 6.45) is 0.812. The molecule has 41 heavy (non-hydrogen) atoms. The summed E-state index contributed by atoms with van der Waals surface area (Å²) >= 11 is 0. The van der Waals surface area contributed by atoms with E-state index in [0.29, 0.717) is 29.2 Å². The van der Waals surface area contributed by atoms with Crippen molar-refractivity contribution in [3.8, 4) is 11.3 Å². The van der Waals surface area contributed by atoms with Gasteiger partial charge in [0, 0.05) is 31.0 Å². The molecular weight excluding hydrogens is 537 g/mol. The van der Waals surface area contributed by atoms with Gasteiger partial charge in [-0.05, 0) is 57.4 Å². The Hall–Kier alpha value is -4.33. The summed E-state index contributed by atoms with van der Waals surface area (Å²) in [6, 6.07) is 6.73. The molecule has 216 valence electrons. The molecule has 1 aromatic carbocycles. The van der Waals surface area contributed by atoms with Crippen LogP contribution in [0.15, 0.2) is 42.9 Å². The van der Waals surface area contributed by atoms with Crippen molar-refractivity contribution in [1.29, 1.82) is 0 Å². The van der Waals surface area contributed by atoms with E-state index in [1.807, 2.05) is 45.9 Å². The van der Waals surface area contributed by atoms with E-state index < -0.39 is 24.7 Å². The fourth-order valence-corrected chi connectivity index (χ4v) is 4.68. The summed E-state index contributed by atoms with van der Waals surface area (Å²) in [5.74, 6) is -0.0834. The van der Waals surface area contributed by atoms with Gasteiger partial charge < -0.3 is 10.6 Å². The number of amides is 1. The average Bonchev–Trinajstić information content (AvgIpc) is 3.52. The van der Waals surface area contributed by atoms with E-state index in [1.165, 1.54) is 4.90 Å². The maximum atomic E-state index is 13.4. The molecule has 0 saturated heterocycles. The number of fused-ring (bicyclic) bond motifs is 1. The second-order valence-electron chi connectivity index (χ2n) is 11.0. The zero-order chi connectivity index (χ0) is 29.4. The maximum Gasteiger partial charge on any atom is 0.401 e. The van der Waals surface area contributed by atoms with Gasteiger partial charge in [0.1, 0.15) is 0 Å². The molecule has 1 aliphatic rings. The molecule has 5 rings (SSSR count). The quantitative estimate of drug-likeness (QED) is 0.310. The van der Waals surface area contributed by atoms with E-state index in [-0.39, 0.29) is 24.3 Å². The van der Waals surface area contributed by atoms with Crippen LogP contribution in [0.5, 0.6) is 0 Å². The number of hydrogen-bond donors (Lipinski definition) is 3. The first kappa shape index (κ1) is 28.2. The van der Waals surface area contributed by atoms with Gasteiger partial charge in [-0.3, -0.25) is 14.8 Å². The number of anilines is 2. The number of aromatic amines is 1. The second kappa shape index (κ2) is 10.9. The number of alkyl halides is 3. The van der Waals surface area contributed by atoms with Gasteiger partial charge in [-0.25, -0.2) is 14.6 Å². The molecule has 4 heterocycles. The number of benzene rings is 1. The Bertz CT molecular complexity index is 1540. The van der Waals surface area contributed by atoms with Crippen molar-refractivity contribution < 1.29 is 18.0 Å². The zero-order valence-electron chi connectivity index (χ0n) is 23.1. The van der Waals surface area contributed by atoms with Gasteiger partial charge in [0.2, 0.25) is 5.95 Å². The van der Waals surface area contributed by atoms with Gasteiger partial charge >= 0.3 is 6.18 Å². The van der Waals surface area contributed by atoms with Crippen molar-refractivity contribution in [3.63, 3.8) is 0 Å². The van der Waals surface area contributed by atoms with E-state index in [1.54, 1.807) is 29.3 Å². The van der Waals surface area contributed by atoms with Crippen LogP contribution in [0.4, 0.5) is 24.8 Å². The number of halogens is 3. The lowest BCUT2D eigenvalue weighted by Gasteiger charge is -2.22. The lowest BCUT2D eigenvalue weighted by molar-refractivity contribution is -0.147. The highest BCUT2D eigenvalue weighted by molar-refractivity contribution is 5.92. The monoisotopic (exact) mass is 568 g/mol. The largest absolute Gasteiger partial charge is 0.401 e. The molecule has 1 atom stereocenters. The number of nitrogens with zero attached hydrogens (tertiary/aromatic N) is 7. The summed E-state index contributed by atoms with van der Waals surface area (Å²) in [4.78, 5) is 23.3. The molecule has 1 amide bonds. The third kappa shape index (κ3) is 6.70. The van der Waals surface area contributed by atoms with Crippen LogP contribution in [-0.2, 0) is 12.1 Å². The number of aryl methyl sites for hydroxylation is 1. The Morgan fingerprint density at radius 2 is 2.00 bits per heavy atom. The third-order valence-corrected chi connectivity index (χ3v) is 6.80. The number of aromatic nitrogens is 7. The molecule has 0 spiro atoms. The molecule has 0 saturated carbocycles. The van der Waals surface area contributed by atoms with E-state index in [9.17, 15) is 18.0 Å². The highest BCUT2D eigenvalue weighted by Gasteiger charge is 2.33. The Labute approximate surface area is 234 Å². The topological polar surface area (TPSA) is 130 Å². The van der Waals surface area contributed by atoms with Crippen LogP contribution in [0.3, 0.4) is 0 Å². The van der Waals surface area contributed by atoms with Crippen molar-refractivity contribution in [2.75, 3.05) is 18.4 Å². The molecule has 1 unspecified atom stereocenters. The molecule has 3 N–H and O–H groups in total. The molecule has 0 bridgehead atoms. The van der Waals surface area contributed by atoms with Gasteiger partial charge in [-0.15, -0.1) is 5.10 Å².